The van der Waals surface area contributed by atoms with Gasteiger partial charge in [-0.05, 0) is 38.3 Å². The van der Waals surface area contributed by atoms with Crippen molar-refractivity contribution in [1.82, 2.24) is 5.32 Å². The third kappa shape index (κ3) is 3.47. The lowest BCUT2D eigenvalue weighted by Gasteiger charge is -2.22. The maximum atomic E-state index is 12.3. The Balaban J connectivity index is 0.00000144. The molecule has 0 atom stereocenters. The van der Waals surface area contributed by atoms with Crippen LogP contribution in [0, 0.1) is 5.92 Å². The number of carbonyl (C=O) groups is 1. The quantitative estimate of drug-likeness (QED) is 0.677. The van der Waals surface area contributed by atoms with E-state index in [1.54, 1.807) is 11.8 Å². The Labute approximate surface area is 113 Å². The number of carbonyl (C=O) groups excluding carboxylic acids is 1. The molecule has 1 fully saturated rings. The van der Waals surface area contributed by atoms with Gasteiger partial charge in [-0.2, -0.15) is 0 Å². The Morgan fingerprint density at radius 2 is 1.94 bits per heavy atom. The van der Waals surface area contributed by atoms with E-state index >= 15 is 0 Å². The minimum Gasteiger partial charge on any atom is -0.317 e. The number of hydrogen-bond donors (Lipinski definition) is 1. The highest BCUT2D eigenvalue weighted by Gasteiger charge is 2.23. The summed E-state index contributed by atoms with van der Waals surface area (Å²) in [5.41, 5.74) is 0.905. The minimum absolute atomic E-state index is 0. The lowest BCUT2D eigenvalue weighted by Crippen LogP contribution is -2.32. The molecule has 0 aromatic heterocycles. The van der Waals surface area contributed by atoms with Crippen molar-refractivity contribution in [2.75, 3.05) is 19.3 Å². The zero-order valence-corrected chi connectivity index (χ0v) is 11.6. The van der Waals surface area contributed by atoms with Crippen LogP contribution in [0.3, 0.4) is 0 Å². The third-order valence-electron chi connectivity index (χ3n) is 3.08. The molecule has 2 rings (SSSR count). The second-order valence-corrected chi connectivity index (χ2v) is 4.94. The standard InChI is InChI=1S/C13H17NOS.ClH/c1-16-12-5-3-2-4-11(12)13(15)10-6-8-14-9-7-10;/h2-5,10,14H,6-9H2,1H3;1H. The van der Waals surface area contributed by atoms with Crippen molar-refractivity contribution in [1.29, 1.82) is 0 Å². The fraction of sp³-hybridized carbons (Fsp3) is 0.462. The van der Waals surface area contributed by atoms with Gasteiger partial charge in [-0.15, -0.1) is 24.2 Å². The van der Waals surface area contributed by atoms with Crippen molar-refractivity contribution in [3.05, 3.63) is 29.8 Å². The van der Waals surface area contributed by atoms with Crippen LogP contribution in [-0.2, 0) is 0 Å². The van der Waals surface area contributed by atoms with Gasteiger partial charge in [-0.1, -0.05) is 18.2 Å². The summed E-state index contributed by atoms with van der Waals surface area (Å²) in [7, 11) is 0. The number of ketones is 1. The van der Waals surface area contributed by atoms with E-state index in [9.17, 15) is 4.79 Å². The molecule has 0 amide bonds. The molecule has 1 heterocycles. The first-order chi connectivity index (χ1) is 7.83. The molecule has 2 nitrogen and oxygen atoms in total. The van der Waals surface area contributed by atoms with Gasteiger partial charge in [0.2, 0.25) is 0 Å². The molecule has 17 heavy (non-hydrogen) atoms. The molecular formula is C13H18ClNOS. The van der Waals surface area contributed by atoms with E-state index in [1.807, 2.05) is 30.5 Å². The lowest BCUT2D eigenvalue weighted by atomic mass is 9.90. The van der Waals surface area contributed by atoms with Gasteiger partial charge < -0.3 is 5.32 Å². The number of nitrogens with one attached hydrogen (secondary N) is 1. The monoisotopic (exact) mass is 271 g/mol. The van der Waals surface area contributed by atoms with Gasteiger partial charge in [0.25, 0.3) is 0 Å². The highest BCUT2D eigenvalue weighted by molar-refractivity contribution is 7.98. The van der Waals surface area contributed by atoms with E-state index in [0.717, 1.165) is 36.4 Å². The maximum absolute atomic E-state index is 12.3. The molecule has 1 aromatic rings. The van der Waals surface area contributed by atoms with Gasteiger partial charge in [0, 0.05) is 16.4 Å². The molecule has 1 aromatic carbocycles. The second-order valence-electron chi connectivity index (χ2n) is 4.09. The van der Waals surface area contributed by atoms with Gasteiger partial charge in [-0.3, -0.25) is 4.79 Å². The van der Waals surface area contributed by atoms with Gasteiger partial charge in [0.15, 0.2) is 5.78 Å². The van der Waals surface area contributed by atoms with Crippen molar-refractivity contribution >= 4 is 30.0 Å². The first kappa shape index (κ1) is 14.6. The number of rotatable bonds is 3. The predicted molar refractivity (Wildman–Crippen MR) is 75.4 cm³/mol. The van der Waals surface area contributed by atoms with Crippen LogP contribution >= 0.6 is 24.2 Å². The number of piperidine rings is 1. The van der Waals surface area contributed by atoms with Crippen molar-refractivity contribution in [3.8, 4) is 0 Å². The molecular weight excluding hydrogens is 254 g/mol. The van der Waals surface area contributed by atoms with E-state index < -0.39 is 0 Å². The Bertz CT molecular complexity index is 377. The van der Waals surface area contributed by atoms with Crippen LogP contribution in [0.5, 0.6) is 0 Å². The number of benzene rings is 1. The number of halogens is 1. The number of hydrogen-bond acceptors (Lipinski definition) is 3. The van der Waals surface area contributed by atoms with Crippen molar-refractivity contribution < 1.29 is 4.79 Å². The topological polar surface area (TPSA) is 29.1 Å². The Kier molecular flexibility index (Phi) is 6.03. The van der Waals surface area contributed by atoms with Crippen molar-refractivity contribution in [2.24, 2.45) is 5.92 Å². The summed E-state index contributed by atoms with van der Waals surface area (Å²) in [6, 6.07) is 7.92. The first-order valence-electron chi connectivity index (χ1n) is 5.71. The van der Waals surface area contributed by atoms with Crippen molar-refractivity contribution in [2.45, 2.75) is 17.7 Å². The number of thioether (sulfide) groups is 1. The van der Waals surface area contributed by atoms with Crippen LogP contribution in [-0.4, -0.2) is 25.1 Å². The minimum atomic E-state index is 0. The summed E-state index contributed by atoms with van der Waals surface area (Å²) < 4.78 is 0. The van der Waals surface area contributed by atoms with E-state index in [2.05, 4.69) is 5.32 Å². The molecule has 0 bridgehead atoms. The highest BCUT2D eigenvalue weighted by Crippen LogP contribution is 2.25. The molecule has 0 radical (unpaired) electrons. The van der Waals surface area contributed by atoms with Crippen LogP contribution in [0.15, 0.2) is 29.2 Å². The summed E-state index contributed by atoms with van der Waals surface area (Å²) >= 11 is 1.65. The summed E-state index contributed by atoms with van der Waals surface area (Å²) in [5, 5.41) is 3.29. The molecule has 0 unspecified atom stereocenters. The fourth-order valence-corrected chi connectivity index (χ4v) is 2.76. The molecule has 94 valence electrons. The summed E-state index contributed by atoms with van der Waals surface area (Å²) in [6.45, 7) is 1.94. The van der Waals surface area contributed by atoms with Gasteiger partial charge >= 0.3 is 0 Å². The summed E-state index contributed by atoms with van der Waals surface area (Å²) in [6.07, 6.45) is 3.97. The van der Waals surface area contributed by atoms with E-state index in [1.165, 1.54) is 0 Å². The predicted octanol–water partition coefficient (Wildman–Crippen LogP) is 3.01. The molecule has 1 N–H and O–H groups in total. The molecule has 0 aliphatic carbocycles. The fourth-order valence-electron chi connectivity index (χ4n) is 2.15. The van der Waals surface area contributed by atoms with Gasteiger partial charge in [0.1, 0.15) is 0 Å². The zero-order chi connectivity index (χ0) is 11.4. The van der Waals surface area contributed by atoms with Crippen LogP contribution in [0.25, 0.3) is 0 Å². The average Bonchev–Trinajstić information content (AvgIpc) is 2.39. The summed E-state index contributed by atoms with van der Waals surface area (Å²) in [4.78, 5) is 13.4. The highest BCUT2D eigenvalue weighted by atomic mass is 35.5. The number of Topliss-reactive ketones (excluding diaryl/α,β-unsaturated/α-hetero) is 1. The van der Waals surface area contributed by atoms with Gasteiger partial charge in [-0.25, -0.2) is 0 Å². The van der Waals surface area contributed by atoms with E-state index in [4.69, 9.17) is 0 Å². The average molecular weight is 272 g/mol. The largest absolute Gasteiger partial charge is 0.317 e. The smallest absolute Gasteiger partial charge is 0.167 e. The molecule has 1 aliphatic heterocycles. The Morgan fingerprint density at radius 3 is 2.59 bits per heavy atom. The third-order valence-corrected chi connectivity index (χ3v) is 3.88. The molecule has 1 aliphatic rings. The molecule has 0 saturated carbocycles. The normalized spacial score (nSPS) is 16.3. The van der Waals surface area contributed by atoms with E-state index in [-0.39, 0.29) is 18.3 Å². The van der Waals surface area contributed by atoms with Crippen LogP contribution < -0.4 is 5.32 Å². The second kappa shape index (κ2) is 7.04. The molecule has 1 saturated heterocycles. The Morgan fingerprint density at radius 1 is 1.29 bits per heavy atom. The zero-order valence-electron chi connectivity index (χ0n) is 9.94. The maximum Gasteiger partial charge on any atom is 0.167 e. The summed E-state index contributed by atoms with van der Waals surface area (Å²) in [5.74, 6) is 0.543. The molecule has 4 heteroatoms. The van der Waals surface area contributed by atoms with Crippen LogP contribution in [0.4, 0.5) is 0 Å². The Hall–Kier alpha value is -0.510. The van der Waals surface area contributed by atoms with Gasteiger partial charge in [0.05, 0.1) is 0 Å². The first-order valence-corrected chi connectivity index (χ1v) is 6.93. The molecule has 0 spiro atoms. The van der Waals surface area contributed by atoms with Crippen LogP contribution in [0.1, 0.15) is 23.2 Å². The van der Waals surface area contributed by atoms with Crippen LogP contribution in [0.2, 0.25) is 0 Å². The SMILES string of the molecule is CSc1ccccc1C(=O)C1CCNCC1.Cl. The van der Waals surface area contributed by atoms with E-state index in [0.29, 0.717) is 5.78 Å². The van der Waals surface area contributed by atoms with Crippen molar-refractivity contribution in [3.63, 3.8) is 0 Å². The lowest BCUT2D eigenvalue weighted by molar-refractivity contribution is 0.0892.